The SMILES string of the molecule is CNC(=O)C(C)CN(C)C(=O)C1CCNC(C)C1. The molecule has 1 aliphatic heterocycles. The minimum absolute atomic E-state index is 0.0201. The lowest BCUT2D eigenvalue weighted by Gasteiger charge is -2.31. The molecule has 0 aromatic heterocycles. The predicted octanol–water partition coefficient (Wildman–Crippen LogP) is 0.215. The smallest absolute Gasteiger partial charge is 0.225 e. The van der Waals surface area contributed by atoms with Crippen molar-refractivity contribution in [2.45, 2.75) is 32.7 Å². The maximum Gasteiger partial charge on any atom is 0.225 e. The molecule has 104 valence electrons. The van der Waals surface area contributed by atoms with Crippen LogP contribution in [0.15, 0.2) is 0 Å². The van der Waals surface area contributed by atoms with Gasteiger partial charge in [-0.15, -0.1) is 0 Å². The van der Waals surface area contributed by atoms with E-state index in [9.17, 15) is 9.59 Å². The normalized spacial score (nSPS) is 25.3. The van der Waals surface area contributed by atoms with Crippen LogP contribution in [-0.4, -0.2) is 49.9 Å². The zero-order valence-electron chi connectivity index (χ0n) is 11.8. The lowest BCUT2D eigenvalue weighted by molar-refractivity contribution is -0.136. The highest BCUT2D eigenvalue weighted by Crippen LogP contribution is 2.18. The molecular weight excluding hydrogens is 230 g/mol. The molecule has 1 fully saturated rings. The molecule has 0 aliphatic carbocycles. The van der Waals surface area contributed by atoms with Crippen molar-refractivity contribution in [3.05, 3.63) is 0 Å². The first-order valence-electron chi connectivity index (χ1n) is 6.65. The van der Waals surface area contributed by atoms with E-state index in [0.717, 1.165) is 19.4 Å². The largest absolute Gasteiger partial charge is 0.359 e. The van der Waals surface area contributed by atoms with Gasteiger partial charge in [0.25, 0.3) is 0 Å². The fourth-order valence-electron chi connectivity index (χ4n) is 2.50. The van der Waals surface area contributed by atoms with Crippen LogP contribution >= 0.6 is 0 Å². The Morgan fingerprint density at radius 3 is 2.72 bits per heavy atom. The molecule has 2 N–H and O–H groups in total. The van der Waals surface area contributed by atoms with Gasteiger partial charge in [0.2, 0.25) is 11.8 Å². The lowest BCUT2D eigenvalue weighted by atomic mass is 9.92. The van der Waals surface area contributed by atoms with Gasteiger partial charge in [0, 0.05) is 32.6 Å². The molecule has 3 unspecified atom stereocenters. The van der Waals surface area contributed by atoms with Gasteiger partial charge in [0.05, 0.1) is 5.92 Å². The maximum atomic E-state index is 12.3. The molecule has 1 aliphatic rings. The van der Waals surface area contributed by atoms with Crippen molar-refractivity contribution in [3.63, 3.8) is 0 Å². The summed E-state index contributed by atoms with van der Waals surface area (Å²) < 4.78 is 0. The van der Waals surface area contributed by atoms with Crippen LogP contribution in [0.5, 0.6) is 0 Å². The number of carbonyl (C=O) groups excluding carboxylic acids is 2. The number of amides is 2. The summed E-state index contributed by atoms with van der Waals surface area (Å²) in [6.45, 7) is 5.33. The number of carbonyl (C=O) groups is 2. The second-order valence-corrected chi connectivity index (χ2v) is 5.31. The van der Waals surface area contributed by atoms with E-state index in [1.807, 2.05) is 6.92 Å². The van der Waals surface area contributed by atoms with E-state index < -0.39 is 0 Å². The molecule has 1 saturated heterocycles. The summed E-state index contributed by atoms with van der Waals surface area (Å²) in [6, 6.07) is 0.400. The highest BCUT2D eigenvalue weighted by molar-refractivity contribution is 5.81. The third-order valence-electron chi connectivity index (χ3n) is 3.59. The zero-order chi connectivity index (χ0) is 13.7. The fourth-order valence-corrected chi connectivity index (χ4v) is 2.50. The summed E-state index contributed by atoms with van der Waals surface area (Å²) in [5, 5.41) is 5.95. The van der Waals surface area contributed by atoms with E-state index in [2.05, 4.69) is 17.6 Å². The molecular formula is C13H25N3O2. The van der Waals surface area contributed by atoms with E-state index in [1.54, 1.807) is 19.0 Å². The molecule has 0 saturated carbocycles. The van der Waals surface area contributed by atoms with E-state index in [4.69, 9.17) is 0 Å². The number of rotatable bonds is 4. The van der Waals surface area contributed by atoms with Crippen molar-refractivity contribution in [1.82, 2.24) is 15.5 Å². The summed E-state index contributed by atoms with van der Waals surface area (Å²) in [5.74, 6) is 0.0821. The molecule has 0 aromatic rings. The fraction of sp³-hybridized carbons (Fsp3) is 0.846. The summed E-state index contributed by atoms with van der Waals surface area (Å²) in [5.41, 5.74) is 0. The van der Waals surface area contributed by atoms with Crippen LogP contribution in [-0.2, 0) is 9.59 Å². The quantitative estimate of drug-likeness (QED) is 0.755. The monoisotopic (exact) mass is 255 g/mol. The van der Waals surface area contributed by atoms with Crippen LogP contribution in [0.3, 0.4) is 0 Å². The number of nitrogens with one attached hydrogen (secondary N) is 2. The average Bonchev–Trinajstić information content (AvgIpc) is 2.36. The molecule has 2 amide bonds. The van der Waals surface area contributed by atoms with Gasteiger partial charge in [0.1, 0.15) is 0 Å². The Labute approximate surface area is 109 Å². The van der Waals surface area contributed by atoms with Gasteiger partial charge >= 0.3 is 0 Å². The average molecular weight is 255 g/mol. The van der Waals surface area contributed by atoms with Gasteiger partial charge in [-0.2, -0.15) is 0 Å². The number of hydrogen-bond acceptors (Lipinski definition) is 3. The Hall–Kier alpha value is -1.10. The van der Waals surface area contributed by atoms with Gasteiger partial charge in [-0.05, 0) is 26.3 Å². The summed E-state index contributed by atoms with van der Waals surface area (Å²) in [6.07, 6.45) is 1.78. The molecule has 18 heavy (non-hydrogen) atoms. The second kappa shape index (κ2) is 6.73. The summed E-state index contributed by atoms with van der Waals surface area (Å²) in [7, 11) is 3.41. The van der Waals surface area contributed by atoms with E-state index in [-0.39, 0.29) is 23.7 Å². The predicted molar refractivity (Wildman–Crippen MR) is 71.1 cm³/mol. The standard InChI is InChI=1S/C13H25N3O2/c1-9(12(17)14-3)8-16(4)13(18)11-5-6-15-10(2)7-11/h9-11,15H,5-8H2,1-4H3,(H,14,17). The van der Waals surface area contributed by atoms with Crippen LogP contribution in [0.25, 0.3) is 0 Å². The minimum Gasteiger partial charge on any atom is -0.359 e. The van der Waals surface area contributed by atoms with Crippen molar-refractivity contribution in [1.29, 1.82) is 0 Å². The third-order valence-corrected chi connectivity index (χ3v) is 3.59. The molecule has 0 spiro atoms. The molecule has 0 aromatic carbocycles. The summed E-state index contributed by atoms with van der Waals surface area (Å²) in [4.78, 5) is 25.4. The Bertz CT molecular complexity index is 307. The number of hydrogen-bond donors (Lipinski definition) is 2. The van der Waals surface area contributed by atoms with Crippen LogP contribution in [0, 0.1) is 11.8 Å². The molecule has 0 radical (unpaired) electrons. The summed E-state index contributed by atoms with van der Waals surface area (Å²) >= 11 is 0. The molecule has 5 nitrogen and oxygen atoms in total. The first kappa shape index (κ1) is 15.0. The van der Waals surface area contributed by atoms with Crippen LogP contribution < -0.4 is 10.6 Å². The minimum atomic E-state index is -0.164. The highest BCUT2D eigenvalue weighted by atomic mass is 16.2. The van der Waals surface area contributed by atoms with Gasteiger partial charge in [-0.3, -0.25) is 9.59 Å². The van der Waals surface area contributed by atoms with E-state index >= 15 is 0 Å². The Morgan fingerprint density at radius 2 is 2.17 bits per heavy atom. The third kappa shape index (κ3) is 3.98. The first-order valence-corrected chi connectivity index (χ1v) is 6.65. The van der Waals surface area contributed by atoms with Crippen LogP contribution in [0.4, 0.5) is 0 Å². The first-order chi connectivity index (χ1) is 8.45. The van der Waals surface area contributed by atoms with E-state index in [1.165, 1.54) is 0 Å². The van der Waals surface area contributed by atoms with Crippen molar-refractivity contribution in [2.75, 3.05) is 27.2 Å². The van der Waals surface area contributed by atoms with Crippen molar-refractivity contribution < 1.29 is 9.59 Å². The van der Waals surface area contributed by atoms with E-state index in [0.29, 0.717) is 12.6 Å². The number of nitrogens with zero attached hydrogens (tertiary/aromatic N) is 1. The highest BCUT2D eigenvalue weighted by Gasteiger charge is 2.28. The molecule has 5 heteroatoms. The molecule has 1 rings (SSSR count). The van der Waals surface area contributed by atoms with Crippen LogP contribution in [0.1, 0.15) is 26.7 Å². The Kier molecular flexibility index (Phi) is 5.59. The maximum absolute atomic E-state index is 12.3. The lowest BCUT2D eigenvalue weighted by Crippen LogP contribution is -2.45. The zero-order valence-corrected chi connectivity index (χ0v) is 11.8. The molecule has 1 heterocycles. The van der Waals surface area contributed by atoms with Gasteiger partial charge in [-0.25, -0.2) is 0 Å². The second-order valence-electron chi connectivity index (χ2n) is 5.31. The number of piperidine rings is 1. The Morgan fingerprint density at radius 1 is 1.50 bits per heavy atom. The van der Waals surface area contributed by atoms with Gasteiger partial charge in [0.15, 0.2) is 0 Å². The van der Waals surface area contributed by atoms with Crippen molar-refractivity contribution in [2.24, 2.45) is 11.8 Å². The topological polar surface area (TPSA) is 61.4 Å². The van der Waals surface area contributed by atoms with Crippen LogP contribution in [0.2, 0.25) is 0 Å². The van der Waals surface area contributed by atoms with Crippen molar-refractivity contribution in [3.8, 4) is 0 Å². The molecule has 0 bridgehead atoms. The van der Waals surface area contributed by atoms with Gasteiger partial charge in [-0.1, -0.05) is 6.92 Å². The van der Waals surface area contributed by atoms with Crippen molar-refractivity contribution >= 4 is 11.8 Å². The van der Waals surface area contributed by atoms with Gasteiger partial charge < -0.3 is 15.5 Å². The molecule has 3 atom stereocenters. The Balaban J connectivity index is 2.47.